The lowest BCUT2D eigenvalue weighted by molar-refractivity contribution is 0.158. The fraction of sp³-hybridized carbons (Fsp3) is 0.538. The number of anilines is 1. The van der Waals surface area contributed by atoms with Crippen molar-refractivity contribution in [3.05, 3.63) is 24.3 Å². The predicted molar refractivity (Wildman–Crippen MR) is 80.2 cm³/mol. The molecule has 1 aliphatic rings. The van der Waals surface area contributed by atoms with E-state index in [-0.39, 0.29) is 4.90 Å². The van der Waals surface area contributed by atoms with Crippen molar-refractivity contribution in [3.8, 4) is 0 Å². The first kappa shape index (κ1) is 15.2. The first-order chi connectivity index (χ1) is 9.45. The quantitative estimate of drug-likeness (QED) is 0.799. The van der Waals surface area contributed by atoms with Gasteiger partial charge in [-0.2, -0.15) is 0 Å². The normalized spacial score (nSPS) is 18.1. The number of nitrogens with one attached hydrogen (secondary N) is 1. The number of sulfonamides is 1. The van der Waals surface area contributed by atoms with E-state index in [9.17, 15) is 8.42 Å². The molecule has 1 heterocycles. The molecule has 0 atom stereocenters. The van der Waals surface area contributed by atoms with Crippen molar-refractivity contribution in [2.24, 2.45) is 5.14 Å². The average molecular weight is 298 g/mol. The van der Waals surface area contributed by atoms with Crippen LogP contribution in [0.2, 0.25) is 0 Å². The van der Waals surface area contributed by atoms with Crippen LogP contribution < -0.4 is 10.5 Å². The Kier molecular flexibility index (Phi) is 4.98. The lowest BCUT2D eigenvalue weighted by atomic mass is 10.3. The summed E-state index contributed by atoms with van der Waals surface area (Å²) < 4.78 is 22.3. The zero-order valence-electron chi connectivity index (χ0n) is 11.7. The molecule has 2 rings (SSSR count). The summed E-state index contributed by atoms with van der Waals surface area (Å²) in [6.45, 7) is 6.26. The van der Waals surface area contributed by atoms with E-state index in [0.29, 0.717) is 0 Å². The van der Waals surface area contributed by atoms with E-state index in [1.807, 2.05) is 0 Å². The molecule has 6 nitrogen and oxygen atoms in total. The van der Waals surface area contributed by atoms with E-state index in [4.69, 9.17) is 5.14 Å². The third-order valence-electron chi connectivity index (χ3n) is 3.54. The Balaban J connectivity index is 1.77. The van der Waals surface area contributed by atoms with E-state index in [1.54, 1.807) is 12.1 Å². The summed E-state index contributed by atoms with van der Waals surface area (Å²) in [5.74, 6) is 0. The zero-order valence-corrected chi connectivity index (χ0v) is 12.6. The van der Waals surface area contributed by atoms with Gasteiger partial charge in [-0.25, -0.2) is 13.6 Å². The van der Waals surface area contributed by atoms with Gasteiger partial charge in [-0.1, -0.05) is 0 Å². The minimum absolute atomic E-state index is 0.141. The number of hydrogen-bond donors (Lipinski definition) is 2. The second kappa shape index (κ2) is 6.53. The second-order valence-electron chi connectivity index (χ2n) is 5.14. The van der Waals surface area contributed by atoms with E-state index < -0.39 is 10.0 Å². The van der Waals surface area contributed by atoms with Gasteiger partial charge in [0.05, 0.1) is 4.90 Å². The summed E-state index contributed by atoms with van der Waals surface area (Å²) in [6, 6.07) is 6.52. The molecule has 1 aromatic carbocycles. The third kappa shape index (κ3) is 4.45. The van der Waals surface area contributed by atoms with Gasteiger partial charge in [0, 0.05) is 45.0 Å². The van der Waals surface area contributed by atoms with Crippen molar-refractivity contribution in [3.63, 3.8) is 0 Å². The summed E-state index contributed by atoms with van der Waals surface area (Å²) in [7, 11) is -1.46. The Hall–Kier alpha value is -1.15. The van der Waals surface area contributed by atoms with Gasteiger partial charge in [-0.05, 0) is 31.3 Å². The molecular weight excluding hydrogens is 276 g/mol. The summed E-state index contributed by atoms with van der Waals surface area (Å²) in [4.78, 5) is 4.89. The summed E-state index contributed by atoms with van der Waals surface area (Å²) in [6.07, 6.45) is 0. The molecule has 0 unspecified atom stereocenters. The zero-order chi connectivity index (χ0) is 14.6. The van der Waals surface area contributed by atoms with Gasteiger partial charge < -0.3 is 10.2 Å². The maximum absolute atomic E-state index is 11.1. The molecule has 0 aromatic heterocycles. The van der Waals surface area contributed by atoms with Crippen LogP contribution in [0.3, 0.4) is 0 Å². The molecule has 1 fully saturated rings. The second-order valence-corrected chi connectivity index (χ2v) is 6.70. The average Bonchev–Trinajstić information content (AvgIpc) is 2.41. The third-order valence-corrected chi connectivity index (χ3v) is 4.47. The van der Waals surface area contributed by atoms with Crippen molar-refractivity contribution < 1.29 is 8.42 Å². The fourth-order valence-corrected chi connectivity index (χ4v) is 2.71. The van der Waals surface area contributed by atoms with Gasteiger partial charge in [0.15, 0.2) is 0 Å². The van der Waals surface area contributed by atoms with Crippen molar-refractivity contribution in [2.75, 3.05) is 51.6 Å². The number of nitrogens with zero attached hydrogens (tertiary/aromatic N) is 2. The molecular formula is C13H22N4O2S. The largest absolute Gasteiger partial charge is 0.384 e. The van der Waals surface area contributed by atoms with Gasteiger partial charge in [0.25, 0.3) is 0 Å². The maximum Gasteiger partial charge on any atom is 0.238 e. The first-order valence-corrected chi connectivity index (χ1v) is 8.27. The SMILES string of the molecule is CN1CCN(CCNc2ccc(S(N)(=O)=O)cc2)CC1. The number of hydrogen-bond acceptors (Lipinski definition) is 5. The maximum atomic E-state index is 11.1. The number of benzene rings is 1. The van der Waals surface area contributed by atoms with Crippen LogP contribution in [0.4, 0.5) is 5.69 Å². The Bertz CT molecular complexity index is 522. The number of primary sulfonamides is 1. The van der Waals surface area contributed by atoms with Crippen molar-refractivity contribution in [1.29, 1.82) is 0 Å². The molecule has 0 amide bonds. The minimum Gasteiger partial charge on any atom is -0.384 e. The van der Waals surface area contributed by atoms with Crippen LogP contribution in [-0.2, 0) is 10.0 Å². The highest BCUT2D eigenvalue weighted by atomic mass is 32.2. The van der Waals surface area contributed by atoms with E-state index in [1.165, 1.54) is 12.1 Å². The summed E-state index contributed by atoms with van der Waals surface area (Å²) in [5, 5.41) is 8.35. The fourth-order valence-electron chi connectivity index (χ4n) is 2.19. The van der Waals surface area contributed by atoms with Crippen LogP contribution >= 0.6 is 0 Å². The smallest absolute Gasteiger partial charge is 0.238 e. The number of nitrogens with two attached hydrogens (primary N) is 1. The molecule has 1 saturated heterocycles. The summed E-state index contributed by atoms with van der Waals surface area (Å²) in [5.41, 5.74) is 0.909. The molecule has 112 valence electrons. The van der Waals surface area contributed by atoms with Crippen LogP contribution in [0.15, 0.2) is 29.2 Å². The van der Waals surface area contributed by atoms with E-state index in [0.717, 1.165) is 45.0 Å². The van der Waals surface area contributed by atoms with Gasteiger partial charge >= 0.3 is 0 Å². The lowest BCUT2D eigenvalue weighted by Gasteiger charge is -2.32. The predicted octanol–water partition coefficient (Wildman–Crippen LogP) is -0.00670. The Morgan fingerprint density at radius 2 is 1.75 bits per heavy atom. The molecule has 1 aromatic rings. The van der Waals surface area contributed by atoms with E-state index in [2.05, 4.69) is 22.2 Å². The van der Waals surface area contributed by atoms with Crippen LogP contribution in [-0.4, -0.2) is 64.5 Å². The molecule has 3 N–H and O–H groups in total. The number of rotatable bonds is 5. The molecule has 7 heteroatoms. The highest BCUT2D eigenvalue weighted by Gasteiger charge is 2.12. The summed E-state index contributed by atoms with van der Waals surface area (Å²) >= 11 is 0. The van der Waals surface area contributed by atoms with Crippen molar-refractivity contribution >= 4 is 15.7 Å². The highest BCUT2D eigenvalue weighted by Crippen LogP contribution is 2.12. The lowest BCUT2D eigenvalue weighted by Crippen LogP contribution is -2.45. The van der Waals surface area contributed by atoms with Crippen molar-refractivity contribution in [2.45, 2.75) is 4.90 Å². The van der Waals surface area contributed by atoms with Crippen molar-refractivity contribution in [1.82, 2.24) is 9.80 Å². The Morgan fingerprint density at radius 1 is 1.15 bits per heavy atom. The standard InChI is InChI=1S/C13H22N4O2S/c1-16-8-10-17(11-9-16)7-6-15-12-2-4-13(5-3-12)20(14,18)19/h2-5,15H,6-11H2,1H3,(H2,14,18,19). The Labute approximate surface area is 120 Å². The minimum atomic E-state index is -3.60. The molecule has 0 aliphatic carbocycles. The molecule has 1 aliphatic heterocycles. The van der Waals surface area contributed by atoms with E-state index >= 15 is 0 Å². The first-order valence-electron chi connectivity index (χ1n) is 6.73. The van der Waals surface area contributed by atoms with Crippen LogP contribution in [0.25, 0.3) is 0 Å². The van der Waals surface area contributed by atoms with Gasteiger partial charge in [-0.15, -0.1) is 0 Å². The highest BCUT2D eigenvalue weighted by molar-refractivity contribution is 7.89. The van der Waals surface area contributed by atoms with Gasteiger partial charge in [0.1, 0.15) is 0 Å². The number of likely N-dealkylation sites (N-methyl/N-ethyl adjacent to an activating group) is 1. The molecule has 0 saturated carbocycles. The molecule has 20 heavy (non-hydrogen) atoms. The molecule has 0 spiro atoms. The van der Waals surface area contributed by atoms with Crippen LogP contribution in [0.1, 0.15) is 0 Å². The van der Waals surface area contributed by atoms with Gasteiger partial charge in [-0.3, -0.25) is 4.90 Å². The van der Waals surface area contributed by atoms with Gasteiger partial charge in [0.2, 0.25) is 10.0 Å². The molecule has 0 bridgehead atoms. The number of piperazine rings is 1. The molecule has 0 radical (unpaired) electrons. The monoisotopic (exact) mass is 298 g/mol. The van der Waals surface area contributed by atoms with Crippen LogP contribution in [0.5, 0.6) is 0 Å². The Morgan fingerprint density at radius 3 is 2.30 bits per heavy atom. The topological polar surface area (TPSA) is 78.7 Å². The van der Waals surface area contributed by atoms with Crippen LogP contribution in [0, 0.1) is 0 Å².